The van der Waals surface area contributed by atoms with Crippen LogP contribution in [0.4, 0.5) is 0 Å². The average Bonchev–Trinajstić information content (AvgIpc) is 4.15. The van der Waals surface area contributed by atoms with Crippen LogP contribution in [0.15, 0.2) is 235 Å². The number of nitrogens with zero attached hydrogens (tertiary/aromatic N) is 6. The Balaban J connectivity index is 0.866. The molecule has 4 heterocycles. The van der Waals surface area contributed by atoms with Crippen LogP contribution in [0.2, 0.25) is 0 Å². The summed E-state index contributed by atoms with van der Waals surface area (Å²) in [7, 11) is 0. The highest BCUT2D eigenvalue weighted by molar-refractivity contribution is 6.23. The van der Waals surface area contributed by atoms with E-state index >= 15 is 0 Å². The SMILES string of the molecule is Cc1ccc(-c2nc(-c3ccc(C)cc3)nc(-c3ccc(-n4c5ccccc5c5ccc6c7ccccc7n(-c7ccc(-c8ccc(-c9cccc%10nc(-c%11ccccc%11)oc9%10)cc8)cc7)c6c54)cc3)n2)cc1. The van der Waals surface area contributed by atoms with E-state index in [0.29, 0.717) is 23.4 Å². The molecule has 0 spiro atoms. The second-order valence-corrected chi connectivity index (χ2v) is 18.8. The van der Waals surface area contributed by atoms with Crippen molar-refractivity contribution in [2.75, 3.05) is 0 Å². The summed E-state index contributed by atoms with van der Waals surface area (Å²) in [4.78, 5) is 19.9. The minimum atomic E-state index is 0.623. The summed E-state index contributed by atoms with van der Waals surface area (Å²) in [6.45, 7) is 4.18. The van der Waals surface area contributed by atoms with Crippen molar-refractivity contribution in [2.24, 2.45) is 0 Å². The molecule has 0 radical (unpaired) electrons. The third-order valence-electron chi connectivity index (χ3n) is 14.2. The quantitative estimate of drug-likeness (QED) is 0.152. The van der Waals surface area contributed by atoms with Crippen LogP contribution in [0.5, 0.6) is 0 Å². The predicted octanol–water partition coefficient (Wildman–Crippen LogP) is 16.8. The summed E-state index contributed by atoms with van der Waals surface area (Å²) in [6.07, 6.45) is 0. The maximum Gasteiger partial charge on any atom is 0.227 e. The molecule has 0 fully saturated rings. The van der Waals surface area contributed by atoms with Crippen molar-refractivity contribution in [1.29, 1.82) is 0 Å². The van der Waals surface area contributed by atoms with Crippen molar-refractivity contribution < 1.29 is 4.42 Å². The van der Waals surface area contributed by atoms with Crippen LogP contribution in [0.3, 0.4) is 0 Å². The van der Waals surface area contributed by atoms with Gasteiger partial charge in [0.15, 0.2) is 23.1 Å². The molecule has 0 saturated heterocycles. The van der Waals surface area contributed by atoms with E-state index in [4.69, 9.17) is 24.4 Å². The van der Waals surface area contributed by atoms with E-state index in [9.17, 15) is 0 Å². The van der Waals surface area contributed by atoms with E-state index < -0.39 is 0 Å². The average molecular weight is 937 g/mol. The van der Waals surface area contributed by atoms with Crippen molar-refractivity contribution in [1.82, 2.24) is 29.1 Å². The lowest BCUT2D eigenvalue weighted by Crippen LogP contribution is -2.01. The van der Waals surface area contributed by atoms with Crippen LogP contribution in [-0.4, -0.2) is 29.1 Å². The molecule has 0 aliphatic carbocycles. The number of fused-ring (bicyclic) bond motifs is 8. The Kier molecular flexibility index (Phi) is 9.83. The number of oxazole rings is 1. The van der Waals surface area contributed by atoms with Crippen LogP contribution in [0, 0.1) is 13.8 Å². The van der Waals surface area contributed by atoms with E-state index in [1.54, 1.807) is 0 Å². The van der Waals surface area contributed by atoms with Gasteiger partial charge >= 0.3 is 0 Å². The minimum absolute atomic E-state index is 0.623. The van der Waals surface area contributed by atoms with Crippen LogP contribution >= 0.6 is 0 Å². The molecule has 0 aliphatic heterocycles. The van der Waals surface area contributed by atoms with Gasteiger partial charge in [-0.3, -0.25) is 0 Å². The second-order valence-electron chi connectivity index (χ2n) is 18.8. The van der Waals surface area contributed by atoms with Gasteiger partial charge in [0.2, 0.25) is 5.89 Å². The molecule has 10 aromatic carbocycles. The van der Waals surface area contributed by atoms with Gasteiger partial charge in [-0.1, -0.05) is 175 Å². The van der Waals surface area contributed by atoms with Crippen LogP contribution in [0.25, 0.3) is 134 Å². The molecule has 73 heavy (non-hydrogen) atoms. The van der Waals surface area contributed by atoms with Gasteiger partial charge < -0.3 is 13.6 Å². The van der Waals surface area contributed by atoms with E-state index in [1.807, 2.05) is 42.5 Å². The van der Waals surface area contributed by atoms with Crippen molar-refractivity contribution >= 4 is 54.7 Å². The second kappa shape index (κ2) is 17.0. The van der Waals surface area contributed by atoms with Crippen LogP contribution < -0.4 is 0 Å². The smallest absolute Gasteiger partial charge is 0.227 e. The Hall–Kier alpha value is -9.72. The first-order valence-corrected chi connectivity index (χ1v) is 24.6. The van der Waals surface area contributed by atoms with Gasteiger partial charge in [0.1, 0.15) is 5.52 Å². The van der Waals surface area contributed by atoms with Gasteiger partial charge in [0.25, 0.3) is 0 Å². The fourth-order valence-corrected chi connectivity index (χ4v) is 10.5. The zero-order chi connectivity index (χ0) is 48.6. The van der Waals surface area contributed by atoms with Gasteiger partial charge in [-0.25, -0.2) is 19.9 Å². The lowest BCUT2D eigenvalue weighted by atomic mass is 9.99. The van der Waals surface area contributed by atoms with Gasteiger partial charge in [-0.05, 0) is 97.3 Å². The normalized spacial score (nSPS) is 11.7. The Morgan fingerprint density at radius 3 is 1.25 bits per heavy atom. The Morgan fingerprint density at radius 2 is 0.740 bits per heavy atom. The van der Waals surface area contributed by atoms with Crippen molar-refractivity contribution in [2.45, 2.75) is 13.8 Å². The topological polar surface area (TPSA) is 74.6 Å². The Bertz CT molecular complexity index is 4330. The molecule has 0 bridgehead atoms. The van der Waals surface area contributed by atoms with Gasteiger partial charge in [-0.15, -0.1) is 0 Å². The van der Waals surface area contributed by atoms with Crippen LogP contribution in [0.1, 0.15) is 11.1 Å². The summed E-state index contributed by atoms with van der Waals surface area (Å²) in [6, 6.07) is 81.4. The molecule has 14 aromatic rings. The van der Waals surface area contributed by atoms with E-state index in [1.165, 1.54) is 32.7 Å². The molecule has 0 atom stereocenters. The predicted molar refractivity (Wildman–Crippen MR) is 298 cm³/mol. The number of aryl methyl sites for hydroxylation is 2. The monoisotopic (exact) mass is 936 g/mol. The number of hydrogen-bond donors (Lipinski definition) is 0. The fraction of sp³-hybridized carbons (Fsp3) is 0.0303. The molecule has 0 saturated carbocycles. The molecule has 7 nitrogen and oxygen atoms in total. The van der Waals surface area contributed by atoms with E-state index in [2.05, 4.69) is 211 Å². The number of para-hydroxylation sites is 3. The maximum absolute atomic E-state index is 6.38. The molecule has 0 N–H and O–H groups in total. The van der Waals surface area contributed by atoms with Crippen molar-refractivity contribution in [3.8, 4) is 79.2 Å². The summed E-state index contributed by atoms with van der Waals surface area (Å²) in [5, 5.41) is 4.78. The first kappa shape index (κ1) is 42.2. The molecule has 0 amide bonds. The van der Waals surface area contributed by atoms with Gasteiger partial charge in [-0.2, -0.15) is 0 Å². The number of hydrogen-bond acceptors (Lipinski definition) is 5. The highest BCUT2D eigenvalue weighted by atomic mass is 16.3. The van der Waals surface area contributed by atoms with E-state index in [0.717, 1.165) is 89.0 Å². The summed E-state index contributed by atoms with van der Waals surface area (Å²) >= 11 is 0. The third-order valence-corrected chi connectivity index (χ3v) is 14.2. The largest absolute Gasteiger partial charge is 0.435 e. The first-order chi connectivity index (χ1) is 36.0. The first-order valence-electron chi connectivity index (χ1n) is 24.6. The Morgan fingerprint density at radius 1 is 0.315 bits per heavy atom. The molecular formula is C66H44N6O. The number of rotatable bonds is 8. The summed E-state index contributed by atoms with van der Waals surface area (Å²) in [5.41, 5.74) is 18.8. The van der Waals surface area contributed by atoms with E-state index in [-0.39, 0.29) is 0 Å². The standard InChI is InChI=1S/C66H44N6O/c1-41-19-23-46(24-20-41)63-68-64(47-25-21-42(2)22-26-47)70-65(69-63)48-33-37-51(38-34-48)72-59-18-9-7-14-54(59)56-40-39-55-53-13-6-8-17-58(53)71(60(55)61(56)72)50-35-31-44(32-36-50)43-27-29-45(30-28-43)52-15-10-16-57-62(52)73-66(67-57)49-11-4-3-5-12-49/h3-40H,1-2H3. The summed E-state index contributed by atoms with van der Waals surface area (Å²) < 4.78 is 11.2. The maximum atomic E-state index is 6.38. The van der Waals surface area contributed by atoms with Gasteiger partial charge in [0.05, 0.1) is 22.1 Å². The molecular weight excluding hydrogens is 893 g/mol. The van der Waals surface area contributed by atoms with Gasteiger partial charge in [0, 0.05) is 60.7 Å². The zero-order valence-corrected chi connectivity index (χ0v) is 40.0. The molecule has 0 unspecified atom stereocenters. The molecule has 0 aliphatic rings. The van der Waals surface area contributed by atoms with Crippen molar-refractivity contribution in [3.63, 3.8) is 0 Å². The number of benzene rings is 10. The zero-order valence-electron chi connectivity index (χ0n) is 40.0. The fourth-order valence-electron chi connectivity index (χ4n) is 10.5. The minimum Gasteiger partial charge on any atom is -0.435 e. The third kappa shape index (κ3) is 7.20. The molecule has 7 heteroatoms. The lowest BCUT2D eigenvalue weighted by Gasteiger charge is -2.14. The highest BCUT2D eigenvalue weighted by Gasteiger charge is 2.22. The molecule has 14 rings (SSSR count). The lowest BCUT2D eigenvalue weighted by molar-refractivity contribution is 0.621. The van der Waals surface area contributed by atoms with Crippen LogP contribution in [-0.2, 0) is 0 Å². The molecule has 4 aromatic heterocycles. The summed E-state index contributed by atoms with van der Waals surface area (Å²) in [5.74, 6) is 2.53. The molecule has 344 valence electrons. The Labute approximate surface area is 421 Å². The highest BCUT2D eigenvalue weighted by Crippen LogP contribution is 2.42. The van der Waals surface area contributed by atoms with Crippen molar-refractivity contribution in [3.05, 3.63) is 242 Å². The number of aromatic nitrogens is 6.